The van der Waals surface area contributed by atoms with E-state index in [2.05, 4.69) is 0 Å². The van der Waals surface area contributed by atoms with Gasteiger partial charge in [0.05, 0.1) is 0 Å². The predicted octanol–water partition coefficient (Wildman–Crippen LogP) is 3.13. The van der Waals surface area contributed by atoms with Crippen molar-refractivity contribution >= 4 is 0 Å². The molecule has 0 saturated heterocycles. The number of hydrogen-bond donors (Lipinski definition) is 0. The average Bonchev–Trinajstić information content (AvgIpc) is 2.34. The summed E-state index contributed by atoms with van der Waals surface area (Å²) in [5, 5.41) is 0. The van der Waals surface area contributed by atoms with Gasteiger partial charge in [0, 0.05) is 0 Å². The molecule has 0 aliphatic rings. The van der Waals surface area contributed by atoms with Crippen LogP contribution in [0, 0.1) is 0 Å². The molecule has 0 aromatic carbocycles. The third-order valence-corrected chi connectivity index (χ3v) is 3.06. The monoisotopic (exact) mass is 458 g/mol. The molecule has 0 heterocycles. The van der Waals surface area contributed by atoms with Gasteiger partial charge < -0.3 is 1.43 Å². The second-order valence-corrected chi connectivity index (χ2v) is 4.87. The van der Waals surface area contributed by atoms with Crippen molar-refractivity contribution in [3.8, 4) is 0 Å². The van der Waals surface area contributed by atoms with E-state index in [0.717, 1.165) is 0 Å². The predicted molar refractivity (Wildman–Crippen MR) is 47.5 cm³/mol. The first-order valence-corrected chi connectivity index (χ1v) is 5.46. The standard InChI is InChI=1S/C9H3F17.Na.H/c1-2(10,8(21,22)23)3(11,12)4(13,14)5(15,16)6(17,18)7(19,20)9(24,25)26;;/h1H3;;/q;+1;-1. The van der Waals surface area contributed by atoms with Gasteiger partial charge in [-0.15, -0.1) is 0 Å². The van der Waals surface area contributed by atoms with E-state index in [1.807, 2.05) is 0 Å². The van der Waals surface area contributed by atoms with E-state index in [1.165, 1.54) is 0 Å². The van der Waals surface area contributed by atoms with E-state index >= 15 is 0 Å². The third kappa shape index (κ3) is 3.71. The van der Waals surface area contributed by atoms with Crippen molar-refractivity contribution in [2.24, 2.45) is 0 Å². The van der Waals surface area contributed by atoms with Crippen molar-refractivity contribution in [3.05, 3.63) is 0 Å². The van der Waals surface area contributed by atoms with Gasteiger partial charge >= 0.3 is 71.5 Å². The van der Waals surface area contributed by atoms with E-state index in [-0.39, 0.29) is 31.0 Å². The first kappa shape index (κ1) is 29.0. The maximum Gasteiger partial charge on any atom is 1.00 e. The van der Waals surface area contributed by atoms with Crippen molar-refractivity contribution in [2.75, 3.05) is 0 Å². The summed E-state index contributed by atoms with van der Waals surface area (Å²) in [7, 11) is 0. The van der Waals surface area contributed by atoms with Crippen LogP contribution in [0.2, 0.25) is 0 Å². The molecule has 0 nitrogen and oxygen atoms in total. The van der Waals surface area contributed by atoms with Crippen molar-refractivity contribution in [3.63, 3.8) is 0 Å². The molecule has 1 atom stereocenters. The molecular weight excluding hydrogens is 454 g/mol. The summed E-state index contributed by atoms with van der Waals surface area (Å²) in [6.07, 6.45) is -14.9. The number of alkyl halides is 17. The summed E-state index contributed by atoms with van der Waals surface area (Å²) >= 11 is 0. The minimum absolute atomic E-state index is 0. The van der Waals surface area contributed by atoms with Gasteiger partial charge in [-0.1, -0.05) is 0 Å². The normalized spacial score (nSPS) is 18.0. The Kier molecular flexibility index (Phi) is 7.47. The largest absolute Gasteiger partial charge is 1.00 e. The Morgan fingerprint density at radius 2 is 0.593 bits per heavy atom. The van der Waals surface area contributed by atoms with Gasteiger partial charge in [-0.25, -0.2) is 4.39 Å². The second kappa shape index (κ2) is 6.95. The molecule has 0 fully saturated rings. The SMILES string of the molecule is CC(F)(C(F)(F)F)C(F)(F)C(F)(F)C(F)(F)C(F)(F)C(F)(F)C(F)(F)F.[H-].[Na+]. The van der Waals surface area contributed by atoms with Crippen LogP contribution in [0.3, 0.4) is 0 Å². The minimum Gasteiger partial charge on any atom is -1.00 e. The molecule has 0 rings (SSSR count). The fourth-order valence-electron chi connectivity index (χ4n) is 1.24. The van der Waals surface area contributed by atoms with E-state index in [9.17, 15) is 74.6 Å². The molecule has 0 aromatic heterocycles. The van der Waals surface area contributed by atoms with Gasteiger partial charge in [0.15, 0.2) is 0 Å². The molecule has 18 heteroatoms. The molecule has 0 radical (unpaired) electrons. The Hall–Kier alpha value is -0.190. The van der Waals surface area contributed by atoms with E-state index in [0.29, 0.717) is 0 Å². The van der Waals surface area contributed by atoms with Crippen LogP contribution < -0.4 is 29.6 Å². The van der Waals surface area contributed by atoms with Crippen LogP contribution in [0.5, 0.6) is 0 Å². The first-order valence-electron chi connectivity index (χ1n) is 5.46. The van der Waals surface area contributed by atoms with Crippen LogP contribution in [-0.2, 0) is 0 Å². The Labute approximate surface area is 160 Å². The molecule has 160 valence electrons. The average molecular weight is 458 g/mol. The smallest absolute Gasteiger partial charge is 1.00 e. The molecule has 0 N–H and O–H groups in total. The van der Waals surface area contributed by atoms with Crippen LogP contribution in [0.1, 0.15) is 8.35 Å². The maximum atomic E-state index is 13.0. The van der Waals surface area contributed by atoms with E-state index < -0.39 is 54.6 Å². The third-order valence-electron chi connectivity index (χ3n) is 3.06. The number of rotatable bonds is 5. The summed E-state index contributed by atoms with van der Waals surface area (Å²) in [5.74, 6) is -41.2. The Morgan fingerprint density at radius 1 is 0.370 bits per heavy atom. The fourth-order valence-corrected chi connectivity index (χ4v) is 1.24. The van der Waals surface area contributed by atoms with Crippen molar-refractivity contribution in [1.82, 2.24) is 0 Å². The summed E-state index contributed by atoms with van der Waals surface area (Å²) in [6.45, 7) is -1.53. The summed E-state index contributed by atoms with van der Waals surface area (Å²) in [6, 6.07) is 0. The van der Waals surface area contributed by atoms with Crippen LogP contribution in [0.25, 0.3) is 0 Å². The number of hydrogen-bond acceptors (Lipinski definition) is 0. The van der Waals surface area contributed by atoms with Gasteiger partial charge in [0.2, 0.25) is 0 Å². The van der Waals surface area contributed by atoms with Gasteiger partial charge in [-0.05, 0) is 6.92 Å². The molecule has 0 amide bonds. The molecule has 1 unspecified atom stereocenters. The zero-order valence-corrected chi connectivity index (χ0v) is 14.4. The van der Waals surface area contributed by atoms with Crippen LogP contribution in [0.4, 0.5) is 74.6 Å². The quantitative estimate of drug-likeness (QED) is 0.439. The van der Waals surface area contributed by atoms with Gasteiger partial charge in [0.25, 0.3) is 5.67 Å². The molecule has 0 bridgehead atoms. The summed E-state index contributed by atoms with van der Waals surface area (Å²) < 4.78 is 212. The second-order valence-electron chi connectivity index (χ2n) is 4.87. The molecule has 0 spiro atoms. The van der Waals surface area contributed by atoms with E-state index in [4.69, 9.17) is 0 Å². The zero-order valence-electron chi connectivity index (χ0n) is 13.4. The topological polar surface area (TPSA) is 0 Å². The molecular formula is C9H4F17Na. The molecule has 27 heavy (non-hydrogen) atoms. The zero-order chi connectivity index (χ0) is 22.0. The Bertz CT molecular complexity index is 482. The van der Waals surface area contributed by atoms with Gasteiger partial charge in [-0.2, -0.15) is 70.2 Å². The summed E-state index contributed by atoms with van der Waals surface area (Å²) in [5.41, 5.74) is -6.73. The van der Waals surface area contributed by atoms with E-state index in [1.54, 1.807) is 0 Å². The molecule has 0 saturated carbocycles. The van der Waals surface area contributed by atoms with Gasteiger partial charge in [-0.3, -0.25) is 0 Å². The van der Waals surface area contributed by atoms with Gasteiger partial charge in [0.1, 0.15) is 0 Å². The Balaban J connectivity index is -0.00000312. The number of halogens is 17. The van der Waals surface area contributed by atoms with Crippen molar-refractivity contribution < 1.29 is 106 Å². The van der Waals surface area contributed by atoms with Crippen molar-refractivity contribution in [2.45, 2.75) is 54.6 Å². The summed E-state index contributed by atoms with van der Waals surface area (Å²) in [4.78, 5) is 0. The van der Waals surface area contributed by atoms with Crippen LogP contribution >= 0.6 is 0 Å². The maximum absolute atomic E-state index is 13.0. The Morgan fingerprint density at radius 3 is 0.815 bits per heavy atom. The molecule has 0 aromatic rings. The minimum atomic E-state index is -8.48. The van der Waals surface area contributed by atoms with Crippen LogP contribution in [0.15, 0.2) is 0 Å². The molecule has 0 aliphatic carbocycles. The molecule has 0 aliphatic heterocycles. The fraction of sp³-hybridized carbons (Fsp3) is 1.00. The first-order chi connectivity index (χ1) is 10.8. The van der Waals surface area contributed by atoms with Crippen molar-refractivity contribution in [1.29, 1.82) is 0 Å². The van der Waals surface area contributed by atoms with Crippen LogP contribution in [-0.4, -0.2) is 47.6 Å².